The first-order valence-corrected chi connectivity index (χ1v) is 26.6. The molecule has 2 atom stereocenters. The number of carbonyl (C=O) groups is 2. The predicted octanol–water partition coefficient (Wildman–Crippen LogP) is 15.9. The summed E-state index contributed by atoms with van der Waals surface area (Å²) in [5.41, 5.74) is 0. The van der Waals surface area contributed by atoms with Crippen molar-refractivity contribution in [2.45, 2.75) is 296 Å². The molecule has 0 fully saturated rings. The molecule has 0 aliphatic heterocycles. The topological polar surface area (TPSA) is 95.9 Å². The molecule has 0 aliphatic carbocycles. The first-order valence-electron chi connectivity index (χ1n) is 26.6. The van der Waals surface area contributed by atoms with Gasteiger partial charge in [0.1, 0.15) is 0 Å². The third-order valence-corrected chi connectivity index (χ3v) is 12.2. The first kappa shape index (κ1) is 58.3. The second-order valence-corrected chi connectivity index (χ2v) is 18.2. The molecule has 60 heavy (non-hydrogen) atoms. The van der Waals surface area contributed by atoms with E-state index in [-0.39, 0.29) is 18.5 Å². The Morgan fingerprint density at radius 2 is 0.783 bits per heavy atom. The van der Waals surface area contributed by atoms with Crippen LogP contribution < -0.4 is 5.32 Å². The van der Waals surface area contributed by atoms with E-state index in [0.29, 0.717) is 25.9 Å². The number of aliphatic hydroxyl groups is 2. The second-order valence-electron chi connectivity index (χ2n) is 18.2. The van der Waals surface area contributed by atoms with E-state index in [4.69, 9.17) is 4.74 Å². The van der Waals surface area contributed by atoms with Crippen molar-refractivity contribution in [1.29, 1.82) is 0 Å². The number of rotatable bonds is 49. The van der Waals surface area contributed by atoms with Gasteiger partial charge in [0.05, 0.1) is 25.4 Å². The minimum atomic E-state index is -0.679. The van der Waals surface area contributed by atoms with Crippen molar-refractivity contribution < 1.29 is 24.5 Å². The van der Waals surface area contributed by atoms with E-state index in [1.807, 2.05) is 0 Å². The van der Waals surface area contributed by atoms with Crippen LogP contribution in [0.4, 0.5) is 0 Å². The largest absolute Gasteiger partial charge is 0.466 e. The van der Waals surface area contributed by atoms with Crippen molar-refractivity contribution in [2.24, 2.45) is 0 Å². The van der Waals surface area contributed by atoms with Crippen LogP contribution in [0.3, 0.4) is 0 Å². The van der Waals surface area contributed by atoms with Gasteiger partial charge in [-0.25, -0.2) is 0 Å². The van der Waals surface area contributed by atoms with Crippen LogP contribution >= 0.6 is 0 Å². The van der Waals surface area contributed by atoms with Crippen LogP contribution in [-0.4, -0.2) is 47.4 Å². The van der Waals surface area contributed by atoms with E-state index in [2.05, 4.69) is 43.5 Å². The molecule has 6 heteroatoms. The van der Waals surface area contributed by atoms with Crippen LogP contribution in [0, 0.1) is 0 Å². The van der Waals surface area contributed by atoms with Crippen molar-refractivity contribution in [3.63, 3.8) is 0 Å². The van der Waals surface area contributed by atoms with E-state index in [9.17, 15) is 19.8 Å². The molecule has 0 aliphatic rings. The molecular formula is C54H103NO5. The molecule has 6 nitrogen and oxygen atoms in total. The van der Waals surface area contributed by atoms with E-state index in [1.54, 1.807) is 0 Å². The fourth-order valence-electron chi connectivity index (χ4n) is 8.10. The summed E-state index contributed by atoms with van der Waals surface area (Å²) < 4.78 is 5.45. The van der Waals surface area contributed by atoms with E-state index >= 15 is 0 Å². The van der Waals surface area contributed by atoms with Crippen LogP contribution in [0.5, 0.6) is 0 Å². The lowest BCUT2D eigenvalue weighted by atomic mass is 10.0. The maximum absolute atomic E-state index is 12.4. The Labute approximate surface area is 373 Å². The standard InChI is InChI=1S/C54H103NO5/c1-3-5-7-9-11-13-15-17-18-19-20-21-23-28-32-36-40-44-48-54(59)60-49-45-41-37-33-29-25-24-27-31-35-39-43-47-53(58)55-51(50-56)52(57)46-42-38-34-30-26-22-16-14-12-10-8-6-4-2/h18-19,25,29,51-52,56-57H,3-17,20-24,26-28,30-50H2,1-2H3,(H,55,58)/b19-18-,29-25-. The molecular weight excluding hydrogens is 743 g/mol. The average molecular weight is 846 g/mol. The van der Waals surface area contributed by atoms with Crippen LogP contribution in [-0.2, 0) is 14.3 Å². The molecule has 0 heterocycles. The molecule has 0 spiro atoms. The third kappa shape index (κ3) is 45.9. The molecule has 0 aromatic carbocycles. The minimum absolute atomic E-state index is 0.0257. The maximum Gasteiger partial charge on any atom is 0.305 e. The SMILES string of the molecule is CCCCCCCCC/C=C\CCCCCCCCCC(=O)OCCCCC/C=C\CCCCCCCC(=O)NC(CO)C(O)CCCCCCCCCCCCCCC. The van der Waals surface area contributed by atoms with Gasteiger partial charge in [-0.3, -0.25) is 9.59 Å². The van der Waals surface area contributed by atoms with Gasteiger partial charge in [-0.1, -0.05) is 212 Å². The first-order chi connectivity index (χ1) is 29.5. The van der Waals surface area contributed by atoms with Gasteiger partial charge in [0.2, 0.25) is 5.91 Å². The summed E-state index contributed by atoms with van der Waals surface area (Å²) in [5.74, 6) is -0.0868. The van der Waals surface area contributed by atoms with Crippen molar-refractivity contribution in [1.82, 2.24) is 5.32 Å². The zero-order valence-electron chi connectivity index (χ0n) is 40.2. The monoisotopic (exact) mass is 846 g/mol. The number of aliphatic hydroxyl groups excluding tert-OH is 2. The van der Waals surface area contributed by atoms with E-state index in [1.165, 1.54) is 173 Å². The lowest BCUT2D eigenvalue weighted by molar-refractivity contribution is -0.143. The normalized spacial score (nSPS) is 12.8. The highest BCUT2D eigenvalue weighted by Crippen LogP contribution is 2.16. The van der Waals surface area contributed by atoms with Gasteiger partial charge in [-0.2, -0.15) is 0 Å². The number of allylic oxidation sites excluding steroid dienone is 4. The molecule has 0 aromatic heterocycles. The number of nitrogens with one attached hydrogen (secondary N) is 1. The third-order valence-electron chi connectivity index (χ3n) is 12.2. The van der Waals surface area contributed by atoms with E-state index in [0.717, 1.165) is 77.0 Å². The molecule has 0 saturated heterocycles. The summed E-state index contributed by atoms with van der Waals surface area (Å²) in [5, 5.41) is 23.2. The molecule has 3 N–H and O–H groups in total. The molecule has 1 amide bonds. The van der Waals surface area contributed by atoms with E-state index < -0.39 is 12.1 Å². The van der Waals surface area contributed by atoms with Gasteiger partial charge < -0.3 is 20.3 Å². The van der Waals surface area contributed by atoms with Crippen LogP contribution in [0.15, 0.2) is 24.3 Å². The number of hydrogen-bond acceptors (Lipinski definition) is 5. The molecule has 0 saturated carbocycles. The highest BCUT2D eigenvalue weighted by atomic mass is 16.5. The van der Waals surface area contributed by atoms with Crippen LogP contribution in [0.2, 0.25) is 0 Å². The fraction of sp³-hybridized carbons (Fsp3) is 0.889. The number of carbonyl (C=O) groups excluding carboxylic acids is 2. The van der Waals surface area contributed by atoms with Gasteiger partial charge in [0.15, 0.2) is 0 Å². The number of amides is 1. The van der Waals surface area contributed by atoms with Crippen molar-refractivity contribution in [3.8, 4) is 0 Å². The summed E-state index contributed by atoms with van der Waals surface area (Å²) >= 11 is 0. The lowest BCUT2D eigenvalue weighted by Gasteiger charge is -2.22. The van der Waals surface area contributed by atoms with Gasteiger partial charge in [-0.05, 0) is 83.5 Å². The molecule has 354 valence electrons. The van der Waals surface area contributed by atoms with Crippen molar-refractivity contribution in [2.75, 3.05) is 13.2 Å². The van der Waals surface area contributed by atoms with Gasteiger partial charge >= 0.3 is 5.97 Å². The number of hydrogen-bond donors (Lipinski definition) is 3. The lowest BCUT2D eigenvalue weighted by Crippen LogP contribution is -2.45. The van der Waals surface area contributed by atoms with Gasteiger partial charge in [-0.15, -0.1) is 0 Å². The average Bonchev–Trinajstić information content (AvgIpc) is 3.25. The zero-order valence-corrected chi connectivity index (χ0v) is 40.2. The number of ether oxygens (including phenoxy) is 1. The minimum Gasteiger partial charge on any atom is -0.466 e. The Morgan fingerprint density at radius 1 is 0.450 bits per heavy atom. The summed E-state index contributed by atoms with van der Waals surface area (Å²) in [6, 6.07) is -0.559. The summed E-state index contributed by atoms with van der Waals surface area (Å²) in [4.78, 5) is 24.5. The van der Waals surface area contributed by atoms with Crippen molar-refractivity contribution in [3.05, 3.63) is 24.3 Å². The summed E-state index contributed by atoms with van der Waals surface area (Å²) in [7, 11) is 0. The fourth-order valence-corrected chi connectivity index (χ4v) is 8.10. The number of esters is 1. The Kier molecular flexibility index (Phi) is 48.6. The highest BCUT2D eigenvalue weighted by Gasteiger charge is 2.20. The molecule has 0 aromatic rings. The Bertz CT molecular complexity index is 935. The molecule has 0 radical (unpaired) electrons. The highest BCUT2D eigenvalue weighted by molar-refractivity contribution is 5.76. The molecule has 2 unspecified atom stereocenters. The molecule has 0 bridgehead atoms. The quantitative estimate of drug-likeness (QED) is 0.0322. The van der Waals surface area contributed by atoms with Crippen LogP contribution in [0.25, 0.3) is 0 Å². The van der Waals surface area contributed by atoms with Crippen molar-refractivity contribution >= 4 is 11.9 Å². The number of unbranched alkanes of at least 4 members (excludes halogenated alkanes) is 34. The van der Waals surface area contributed by atoms with Crippen LogP contribution in [0.1, 0.15) is 284 Å². The Balaban J connectivity index is 3.49. The smallest absolute Gasteiger partial charge is 0.305 e. The summed E-state index contributed by atoms with van der Waals surface area (Å²) in [6.07, 6.45) is 58.7. The van der Waals surface area contributed by atoms with Gasteiger partial charge in [0.25, 0.3) is 0 Å². The molecule has 0 rings (SSSR count). The Morgan fingerprint density at radius 3 is 1.18 bits per heavy atom. The van der Waals surface area contributed by atoms with Gasteiger partial charge in [0, 0.05) is 12.8 Å². The summed E-state index contributed by atoms with van der Waals surface area (Å²) in [6.45, 7) is 4.89. The predicted molar refractivity (Wildman–Crippen MR) is 260 cm³/mol. The zero-order chi connectivity index (χ0) is 43.7. The maximum atomic E-state index is 12.4. The second kappa shape index (κ2) is 50.0. The Hall–Kier alpha value is -1.66.